The summed E-state index contributed by atoms with van der Waals surface area (Å²) in [5, 5.41) is 0. The van der Waals surface area contributed by atoms with Crippen LogP contribution < -0.4 is 0 Å². The SMILES string of the molecule is CCOC[C@H]1C[C@@H]2[C@@H](C1)OCCN2C(=O)Cc1ccccc1. The minimum Gasteiger partial charge on any atom is -0.381 e. The van der Waals surface area contributed by atoms with E-state index in [9.17, 15) is 4.79 Å². The molecule has 3 rings (SSSR count). The maximum Gasteiger partial charge on any atom is 0.227 e. The van der Waals surface area contributed by atoms with Crippen LogP contribution in [0.5, 0.6) is 0 Å². The Balaban J connectivity index is 1.62. The van der Waals surface area contributed by atoms with Gasteiger partial charge in [0.05, 0.1) is 25.2 Å². The molecule has 1 amide bonds. The zero-order chi connectivity index (χ0) is 15.4. The average molecular weight is 303 g/mol. The van der Waals surface area contributed by atoms with Crippen LogP contribution >= 0.6 is 0 Å². The van der Waals surface area contributed by atoms with E-state index in [0.717, 1.165) is 31.6 Å². The Kier molecular flexibility index (Phi) is 5.11. The molecule has 0 spiro atoms. The van der Waals surface area contributed by atoms with E-state index in [1.807, 2.05) is 42.2 Å². The molecule has 1 aliphatic heterocycles. The molecule has 0 radical (unpaired) electrons. The summed E-state index contributed by atoms with van der Waals surface area (Å²) < 4.78 is 11.4. The Hall–Kier alpha value is -1.39. The largest absolute Gasteiger partial charge is 0.381 e. The van der Waals surface area contributed by atoms with E-state index in [-0.39, 0.29) is 18.1 Å². The van der Waals surface area contributed by atoms with Gasteiger partial charge in [0.2, 0.25) is 5.91 Å². The fourth-order valence-corrected chi connectivity index (χ4v) is 3.65. The summed E-state index contributed by atoms with van der Waals surface area (Å²) in [7, 11) is 0. The first-order valence-corrected chi connectivity index (χ1v) is 8.30. The van der Waals surface area contributed by atoms with Gasteiger partial charge in [0.15, 0.2) is 0 Å². The maximum atomic E-state index is 12.7. The summed E-state index contributed by atoms with van der Waals surface area (Å²) in [4.78, 5) is 14.7. The molecule has 3 atom stereocenters. The van der Waals surface area contributed by atoms with Gasteiger partial charge in [-0.1, -0.05) is 30.3 Å². The smallest absolute Gasteiger partial charge is 0.227 e. The van der Waals surface area contributed by atoms with Crippen molar-refractivity contribution in [2.24, 2.45) is 5.92 Å². The highest BCUT2D eigenvalue weighted by Gasteiger charge is 2.42. The molecule has 1 saturated heterocycles. The lowest BCUT2D eigenvalue weighted by molar-refractivity contribution is -0.143. The molecular weight excluding hydrogens is 278 g/mol. The highest BCUT2D eigenvalue weighted by Crippen LogP contribution is 2.34. The predicted molar refractivity (Wildman–Crippen MR) is 84.6 cm³/mol. The van der Waals surface area contributed by atoms with E-state index in [4.69, 9.17) is 9.47 Å². The third-order valence-electron chi connectivity index (χ3n) is 4.71. The number of rotatable bonds is 5. The number of hydrogen-bond donors (Lipinski definition) is 0. The first kappa shape index (κ1) is 15.5. The van der Waals surface area contributed by atoms with Gasteiger partial charge in [-0.25, -0.2) is 0 Å². The van der Waals surface area contributed by atoms with E-state index in [2.05, 4.69) is 0 Å². The molecule has 0 unspecified atom stereocenters. The number of benzene rings is 1. The van der Waals surface area contributed by atoms with Crippen LogP contribution in [0.3, 0.4) is 0 Å². The number of morpholine rings is 1. The second kappa shape index (κ2) is 7.25. The minimum absolute atomic E-state index is 0.193. The Morgan fingerprint density at radius 2 is 2.14 bits per heavy atom. The summed E-state index contributed by atoms with van der Waals surface area (Å²) in [6.07, 6.45) is 2.70. The van der Waals surface area contributed by atoms with Gasteiger partial charge in [-0.05, 0) is 31.2 Å². The molecule has 4 nitrogen and oxygen atoms in total. The predicted octanol–water partition coefficient (Wildman–Crippen LogP) is 2.27. The van der Waals surface area contributed by atoms with Gasteiger partial charge in [0.25, 0.3) is 0 Å². The van der Waals surface area contributed by atoms with Crippen LogP contribution in [0.1, 0.15) is 25.3 Å². The van der Waals surface area contributed by atoms with Crippen molar-refractivity contribution in [2.75, 3.05) is 26.4 Å². The molecule has 2 aliphatic rings. The molecule has 1 aromatic rings. The summed E-state index contributed by atoms with van der Waals surface area (Å²) in [6.45, 7) is 4.93. The Labute approximate surface area is 132 Å². The first-order chi connectivity index (χ1) is 10.8. The molecule has 120 valence electrons. The molecule has 2 fully saturated rings. The molecule has 1 aliphatic carbocycles. The first-order valence-electron chi connectivity index (χ1n) is 8.30. The topological polar surface area (TPSA) is 38.8 Å². The summed E-state index contributed by atoms with van der Waals surface area (Å²) in [5.74, 6) is 0.738. The van der Waals surface area contributed by atoms with Crippen LogP contribution in [0.25, 0.3) is 0 Å². The lowest BCUT2D eigenvalue weighted by Gasteiger charge is -2.37. The lowest BCUT2D eigenvalue weighted by Crippen LogP contribution is -2.51. The van der Waals surface area contributed by atoms with Crippen LogP contribution in [0, 0.1) is 5.92 Å². The molecular formula is C18H25NO3. The molecule has 0 N–H and O–H groups in total. The molecule has 0 aromatic heterocycles. The maximum absolute atomic E-state index is 12.7. The van der Waals surface area contributed by atoms with Gasteiger partial charge >= 0.3 is 0 Å². The third kappa shape index (κ3) is 3.50. The number of carbonyl (C=O) groups is 1. The van der Waals surface area contributed by atoms with Crippen LogP contribution in [0.4, 0.5) is 0 Å². The highest BCUT2D eigenvalue weighted by molar-refractivity contribution is 5.79. The van der Waals surface area contributed by atoms with Crippen molar-refractivity contribution in [1.29, 1.82) is 0 Å². The van der Waals surface area contributed by atoms with Crippen molar-refractivity contribution in [3.05, 3.63) is 35.9 Å². The fourth-order valence-electron chi connectivity index (χ4n) is 3.65. The van der Waals surface area contributed by atoms with Crippen LogP contribution in [0.2, 0.25) is 0 Å². The van der Waals surface area contributed by atoms with Gasteiger partial charge in [-0.15, -0.1) is 0 Å². The number of carbonyl (C=O) groups excluding carboxylic acids is 1. The molecule has 1 aromatic carbocycles. The fraction of sp³-hybridized carbons (Fsp3) is 0.611. The van der Waals surface area contributed by atoms with Crippen LogP contribution in [-0.2, 0) is 20.7 Å². The Bertz CT molecular complexity index is 490. The third-order valence-corrected chi connectivity index (χ3v) is 4.71. The zero-order valence-electron chi connectivity index (χ0n) is 13.2. The second-order valence-electron chi connectivity index (χ2n) is 6.22. The molecule has 1 heterocycles. The van der Waals surface area contributed by atoms with Crippen molar-refractivity contribution >= 4 is 5.91 Å². The van der Waals surface area contributed by atoms with Crippen molar-refractivity contribution in [1.82, 2.24) is 4.90 Å². The van der Waals surface area contributed by atoms with Crippen molar-refractivity contribution in [2.45, 2.75) is 38.3 Å². The lowest BCUT2D eigenvalue weighted by atomic mass is 10.1. The second-order valence-corrected chi connectivity index (χ2v) is 6.22. The van der Waals surface area contributed by atoms with Crippen molar-refractivity contribution in [3.8, 4) is 0 Å². The highest BCUT2D eigenvalue weighted by atomic mass is 16.5. The van der Waals surface area contributed by atoms with Gasteiger partial charge < -0.3 is 14.4 Å². The number of hydrogen-bond acceptors (Lipinski definition) is 3. The number of nitrogens with zero attached hydrogens (tertiary/aromatic N) is 1. The van der Waals surface area contributed by atoms with Crippen LogP contribution in [-0.4, -0.2) is 49.3 Å². The van der Waals surface area contributed by atoms with Crippen molar-refractivity contribution in [3.63, 3.8) is 0 Å². The number of ether oxygens (including phenoxy) is 2. The molecule has 0 bridgehead atoms. The average Bonchev–Trinajstić information content (AvgIpc) is 2.96. The Morgan fingerprint density at radius 1 is 1.32 bits per heavy atom. The van der Waals surface area contributed by atoms with Gasteiger partial charge in [-0.3, -0.25) is 4.79 Å². The zero-order valence-corrected chi connectivity index (χ0v) is 13.2. The summed E-state index contributed by atoms with van der Waals surface area (Å²) in [5.41, 5.74) is 1.08. The van der Waals surface area contributed by atoms with Crippen molar-refractivity contribution < 1.29 is 14.3 Å². The van der Waals surface area contributed by atoms with Gasteiger partial charge in [-0.2, -0.15) is 0 Å². The summed E-state index contributed by atoms with van der Waals surface area (Å²) >= 11 is 0. The normalized spacial score (nSPS) is 27.7. The standard InChI is InChI=1S/C18H25NO3/c1-2-21-13-15-10-16-17(11-15)22-9-8-19(16)18(20)12-14-6-4-3-5-7-14/h3-7,15-17H,2,8-13H2,1H3/t15-,16+,17+/m0/s1. The molecule has 4 heteroatoms. The van der Waals surface area contributed by atoms with E-state index >= 15 is 0 Å². The Morgan fingerprint density at radius 3 is 2.91 bits per heavy atom. The van der Waals surface area contributed by atoms with Gasteiger partial charge in [0, 0.05) is 19.8 Å². The van der Waals surface area contributed by atoms with Crippen LogP contribution in [0.15, 0.2) is 30.3 Å². The number of fused-ring (bicyclic) bond motifs is 1. The monoisotopic (exact) mass is 303 g/mol. The minimum atomic E-state index is 0.193. The van der Waals surface area contributed by atoms with E-state index in [1.54, 1.807) is 0 Å². The van der Waals surface area contributed by atoms with Gasteiger partial charge in [0.1, 0.15) is 0 Å². The van der Waals surface area contributed by atoms with E-state index in [1.165, 1.54) is 0 Å². The molecule has 22 heavy (non-hydrogen) atoms. The molecule has 1 saturated carbocycles. The summed E-state index contributed by atoms with van der Waals surface area (Å²) in [6, 6.07) is 10.2. The quantitative estimate of drug-likeness (QED) is 0.837. The van der Waals surface area contributed by atoms with E-state index < -0.39 is 0 Å². The van der Waals surface area contributed by atoms with E-state index in [0.29, 0.717) is 25.5 Å². The number of amides is 1.